The summed E-state index contributed by atoms with van der Waals surface area (Å²) in [5.74, 6) is 1.81. The summed E-state index contributed by atoms with van der Waals surface area (Å²) in [5, 5.41) is 3.41. The summed E-state index contributed by atoms with van der Waals surface area (Å²) in [6, 6.07) is 8.83. The molecule has 1 aromatic heterocycles. The number of fused-ring (bicyclic) bond motifs is 1. The molecule has 0 saturated carbocycles. The highest BCUT2D eigenvalue weighted by Crippen LogP contribution is 2.30. The number of nitrogens with one attached hydrogen (secondary N) is 1. The van der Waals surface area contributed by atoms with Gasteiger partial charge in [0.05, 0.1) is 0 Å². The number of hydrogen-bond acceptors (Lipinski definition) is 3. The first-order valence-corrected chi connectivity index (χ1v) is 7.68. The molecule has 1 aliphatic rings. The van der Waals surface area contributed by atoms with Crippen LogP contribution in [0.15, 0.2) is 36.7 Å². The van der Waals surface area contributed by atoms with Gasteiger partial charge in [0, 0.05) is 30.5 Å². The van der Waals surface area contributed by atoms with Crippen molar-refractivity contribution >= 4 is 0 Å². The highest BCUT2D eigenvalue weighted by atomic mass is 16.5. The maximum atomic E-state index is 6.09. The lowest BCUT2D eigenvalue weighted by Gasteiger charge is -2.13. The van der Waals surface area contributed by atoms with Crippen LogP contribution in [0.4, 0.5) is 0 Å². The van der Waals surface area contributed by atoms with Gasteiger partial charge in [-0.3, -0.25) is 4.98 Å². The van der Waals surface area contributed by atoms with Gasteiger partial charge in [-0.25, -0.2) is 0 Å². The van der Waals surface area contributed by atoms with Crippen molar-refractivity contribution in [2.45, 2.75) is 45.7 Å². The topological polar surface area (TPSA) is 34.2 Å². The molecule has 0 unspecified atom stereocenters. The minimum Gasteiger partial charge on any atom is -0.457 e. The average molecular weight is 282 g/mol. The molecule has 1 heterocycles. The number of ether oxygens (including phenoxy) is 1. The van der Waals surface area contributed by atoms with Crippen molar-refractivity contribution in [3.63, 3.8) is 0 Å². The molecule has 0 amide bonds. The van der Waals surface area contributed by atoms with Gasteiger partial charge in [-0.1, -0.05) is 19.9 Å². The van der Waals surface area contributed by atoms with Gasteiger partial charge in [0.15, 0.2) is 0 Å². The highest BCUT2D eigenvalue weighted by Gasteiger charge is 2.12. The Hall–Kier alpha value is -1.87. The van der Waals surface area contributed by atoms with Crippen LogP contribution in [0.1, 0.15) is 37.0 Å². The maximum absolute atomic E-state index is 6.09. The van der Waals surface area contributed by atoms with Crippen LogP contribution in [0.25, 0.3) is 0 Å². The first kappa shape index (κ1) is 14.1. The van der Waals surface area contributed by atoms with Gasteiger partial charge in [-0.15, -0.1) is 0 Å². The molecule has 21 heavy (non-hydrogen) atoms. The lowest BCUT2D eigenvalue weighted by Crippen LogP contribution is -2.22. The summed E-state index contributed by atoms with van der Waals surface area (Å²) in [6.07, 6.45) is 7.29. The Balaban J connectivity index is 1.78. The molecule has 0 aliphatic heterocycles. The van der Waals surface area contributed by atoms with Crippen molar-refractivity contribution in [2.75, 3.05) is 0 Å². The Morgan fingerprint density at radius 1 is 1.19 bits per heavy atom. The van der Waals surface area contributed by atoms with E-state index in [9.17, 15) is 0 Å². The fourth-order valence-electron chi connectivity index (χ4n) is 2.70. The van der Waals surface area contributed by atoms with Crippen LogP contribution >= 0.6 is 0 Å². The lowest BCUT2D eigenvalue weighted by atomic mass is 10.1. The summed E-state index contributed by atoms with van der Waals surface area (Å²) >= 11 is 0. The second-order valence-electron chi connectivity index (χ2n) is 5.91. The van der Waals surface area contributed by atoms with Gasteiger partial charge in [-0.05, 0) is 48.6 Å². The van der Waals surface area contributed by atoms with E-state index in [1.807, 2.05) is 12.3 Å². The van der Waals surface area contributed by atoms with Crippen molar-refractivity contribution in [1.82, 2.24) is 10.3 Å². The van der Waals surface area contributed by atoms with Gasteiger partial charge in [0.1, 0.15) is 11.5 Å². The molecular weight excluding hydrogens is 260 g/mol. The van der Waals surface area contributed by atoms with Crippen LogP contribution in [0.5, 0.6) is 11.5 Å². The van der Waals surface area contributed by atoms with Crippen molar-refractivity contribution in [2.24, 2.45) is 0 Å². The molecule has 0 bridgehead atoms. The van der Waals surface area contributed by atoms with Crippen LogP contribution < -0.4 is 10.1 Å². The Morgan fingerprint density at radius 2 is 2.05 bits per heavy atom. The normalized spacial score (nSPS) is 13.5. The fourth-order valence-corrected chi connectivity index (χ4v) is 2.70. The van der Waals surface area contributed by atoms with E-state index in [0.29, 0.717) is 6.04 Å². The molecule has 2 aromatic rings. The number of nitrogens with zero attached hydrogens (tertiary/aromatic N) is 1. The molecule has 0 fully saturated rings. The number of aryl methyl sites for hydroxylation is 2. The van der Waals surface area contributed by atoms with Crippen LogP contribution in [-0.2, 0) is 19.4 Å². The second-order valence-corrected chi connectivity index (χ2v) is 5.91. The molecule has 3 heteroatoms. The summed E-state index contributed by atoms with van der Waals surface area (Å²) in [4.78, 5) is 4.20. The highest BCUT2D eigenvalue weighted by molar-refractivity contribution is 5.41. The Kier molecular flexibility index (Phi) is 4.20. The molecule has 1 aliphatic carbocycles. The molecule has 3 nitrogen and oxygen atoms in total. The Bertz CT molecular complexity index is 622. The monoisotopic (exact) mass is 282 g/mol. The minimum absolute atomic E-state index is 0.443. The summed E-state index contributed by atoms with van der Waals surface area (Å²) < 4.78 is 6.09. The molecule has 110 valence electrons. The molecule has 0 spiro atoms. The number of benzene rings is 1. The molecular formula is C18H22N2O. The number of rotatable bonds is 5. The second kappa shape index (κ2) is 6.27. The Labute approximate surface area is 126 Å². The van der Waals surface area contributed by atoms with Gasteiger partial charge in [-0.2, -0.15) is 0 Å². The smallest absolute Gasteiger partial charge is 0.134 e. The summed E-state index contributed by atoms with van der Waals surface area (Å²) in [5.41, 5.74) is 3.99. The minimum atomic E-state index is 0.443. The summed E-state index contributed by atoms with van der Waals surface area (Å²) in [6.45, 7) is 5.04. The van der Waals surface area contributed by atoms with E-state index in [1.165, 1.54) is 30.4 Å². The summed E-state index contributed by atoms with van der Waals surface area (Å²) in [7, 11) is 0. The van der Waals surface area contributed by atoms with E-state index in [-0.39, 0.29) is 0 Å². The van der Waals surface area contributed by atoms with Gasteiger partial charge >= 0.3 is 0 Å². The van der Waals surface area contributed by atoms with Crippen molar-refractivity contribution in [3.05, 3.63) is 53.3 Å². The molecule has 0 saturated heterocycles. The van der Waals surface area contributed by atoms with Crippen LogP contribution in [0.2, 0.25) is 0 Å². The molecule has 1 N–H and O–H groups in total. The third-order valence-corrected chi connectivity index (χ3v) is 3.86. The predicted octanol–water partition coefficient (Wildman–Crippen LogP) is 3.86. The van der Waals surface area contributed by atoms with Crippen LogP contribution in [0, 0.1) is 0 Å². The van der Waals surface area contributed by atoms with Gasteiger partial charge in [0.25, 0.3) is 0 Å². The first-order valence-electron chi connectivity index (χ1n) is 7.68. The zero-order valence-electron chi connectivity index (χ0n) is 12.7. The average Bonchev–Trinajstić information content (AvgIpc) is 2.94. The lowest BCUT2D eigenvalue weighted by molar-refractivity contribution is 0.468. The van der Waals surface area contributed by atoms with E-state index in [1.54, 1.807) is 6.20 Å². The van der Waals surface area contributed by atoms with E-state index in [4.69, 9.17) is 4.74 Å². The zero-order chi connectivity index (χ0) is 14.7. The third-order valence-electron chi connectivity index (χ3n) is 3.86. The number of aromatic nitrogens is 1. The van der Waals surface area contributed by atoms with E-state index in [0.717, 1.165) is 23.6 Å². The zero-order valence-corrected chi connectivity index (χ0v) is 12.7. The largest absolute Gasteiger partial charge is 0.457 e. The van der Waals surface area contributed by atoms with Gasteiger partial charge in [0.2, 0.25) is 0 Å². The van der Waals surface area contributed by atoms with Crippen molar-refractivity contribution in [1.29, 1.82) is 0 Å². The van der Waals surface area contributed by atoms with Crippen LogP contribution in [0.3, 0.4) is 0 Å². The predicted molar refractivity (Wildman–Crippen MR) is 84.8 cm³/mol. The fraction of sp³-hybridized carbons (Fsp3) is 0.389. The van der Waals surface area contributed by atoms with E-state index < -0.39 is 0 Å². The third kappa shape index (κ3) is 3.42. The van der Waals surface area contributed by atoms with Crippen molar-refractivity contribution < 1.29 is 4.74 Å². The molecule has 1 aromatic carbocycles. The maximum Gasteiger partial charge on any atom is 0.134 e. The SMILES string of the molecule is CC(C)NCc1cnccc1Oc1ccc2c(c1)CCC2. The van der Waals surface area contributed by atoms with Crippen LogP contribution in [-0.4, -0.2) is 11.0 Å². The van der Waals surface area contributed by atoms with Crippen molar-refractivity contribution in [3.8, 4) is 11.5 Å². The first-order chi connectivity index (χ1) is 10.2. The van der Waals surface area contributed by atoms with Gasteiger partial charge < -0.3 is 10.1 Å². The quantitative estimate of drug-likeness (QED) is 0.904. The molecule has 0 atom stereocenters. The van der Waals surface area contributed by atoms with E-state index in [2.05, 4.69) is 42.3 Å². The number of hydrogen-bond donors (Lipinski definition) is 1. The van der Waals surface area contributed by atoms with E-state index >= 15 is 0 Å². The Morgan fingerprint density at radius 3 is 2.90 bits per heavy atom. The molecule has 0 radical (unpaired) electrons. The molecule has 3 rings (SSSR count). The number of pyridine rings is 1. The standard InChI is InChI=1S/C18H22N2O/c1-13(2)20-12-16-11-19-9-8-18(16)21-17-7-6-14-4-3-5-15(14)10-17/h6-11,13,20H,3-5,12H2,1-2H3.